The summed E-state index contributed by atoms with van der Waals surface area (Å²) in [4.78, 5) is 10.7. The SMILES string of the molecule is C=Cc1ccc(C(C#N)=CC(=O)O)c(CCCC)c1. The second-order valence-corrected chi connectivity index (χ2v) is 4.23. The maximum absolute atomic E-state index is 10.7. The smallest absolute Gasteiger partial charge is 0.329 e. The average molecular weight is 255 g/mol. The first-order valence-electron chi connectivity index (χ1n) is 6.22. The first-order valence-corrected chi connectivity index (χ1v) is 6.22. The lowest BCUT2D eigenvalue weighted by molar-refractivity contribution is -0.131. The number of hydrogen-bond acceptors (Lipinski definition) is 2. The Bertz CT molecular complexity index is 550. The summed E-state index contributed by atoms with van der Waals surface area (Å²) in [5, 5.41) is 17.9. The lowest BCUT2D eigenvalue weighted by Gasteiger charge is -2.09. The molecule has 3 nitrogen and oxygen atoms in total. The zero-order valence-electron chi connectivity index (χ0n) is 11.0. The first-order chi connectivity index (χ1) is 9.12. The Morgan fingerprint density at radius 3 is 2.79 bits per heavy atom. The minimum absolute atomic E-state index is 0.189. The first kappa shape index (κ1) is 14.7. The Kier molecular flexibility index (Phi) is 5.56. The van der Waals surface area contributed by atoms with Gasteiger partial charge in [-0.2, -0.15) is 5.26 Å². The molecule has 1 N–H and O–H groups in total. The Labute approximate surface area is 113 Å². The molecular weight excluding hydrogens is 238 g/mol. The van der Waals surface area contributed by atoms with E-state index in [-0.39, 0.29) is 5.57 Å². The van der Waals surface area contributed by atoms with Crippen molar-refractivity contribution < 1.29 is 9.90 Å². The number of benzene rings is 1. The van der Waals surface area contributed by atoms with Gasteiger partial charge in [-0.1, -0.05) is 44.2 Å². The molecule has 0 unspecified atom stereocenters. The molecule has 0 spiro atoms. The van der Waals surface area contributed by atoms with Crippen LogP contribution in [0.5, 0.6) is 0 Å². The van der Waals surface area contributed by atoms with Crippen molar-refractivity contribution in [3.05, 3.63) is 47.5 Å². The third-order valence-electron chi connectivity index (χ3n) is 2.84. The monoisotopic (exact) mass is 255 g/mol. The minimum Gasteiger partial charge on any atom is -0.478 e. The summed E-state index contributed by atoms with van der Waals surface area (Å²) in [5.74, 6) is -1.11. The fraction of sp³-hybridized carbons (Fsp3) is 0.250. The fourth-order valence-corrected chi connectivity index (χ4v) is 1.87. The molecule has 0 saturated heterocycles. The van der Waals surface area contributed by atoms with Crippen molar-refractivity contribution >= 4 is 17.6 Å². The number of carbonyl (C=O) groups is 1. The highest BCUT2D eigenvalue weighted by Crippen LogP contribution is 2.22. The number of hydrogen-bond donors (Lipinski definition) is 1. The molecule has 0 aliphatic rings. The summed E-state index contributed by atoms with van der Waals surface area (Å²) in [5.41, 5.74) is 2.86. The van der Waals surface area contributed by atoms with Gasteiger partial charge in [0.15, 0.2) is 0 Å². The summed E-state index contributed by atoms with van der Waals surface area (Å²) >= 11 is 0. The molecule has 0 fully saturated rings. The number of nitriles is 1. The number of unbranched alkanes of at least 4 members (excludes halogenated alkanes) is 1. The van der Waals surface area contributed by atoms with E-state index in [1.165, 1.54) is 0 Å². The van der Waals surface area contributed by atoms with Crippen molar-refractivity contribution in [1.29, 1.82) is 5.26 Å². The van der Waals surface area contributed by atoms with Crippen LogP contribution in [0.2, 0.25) is 0 Å². The van der Waals surface area contributed by atoms with E-state index in [4.69, 9.17) is 10.4 Å². The number of nitrogens with zero attached hydrogens (tertiary/aromatic N) is 1. The van der Waals surface area contributed by atoms with Crippen LogP contribution in [0.4, 0.5) is 0 Å². The molecule has 0 bridgehead atoms. The molecule has 0 amide bonds. The fourth-order valence-electron chi connectivity index (χ4n) is 1.87. The van der Waals surface area contributed by atoms with Gasteiger partial charge in [0, 0.05) is 6.08 Å². The van der Waals surface area contributed by atoms with Crippen LogP contribution in [0.3, 0.4) is 0 Å². The van der Waals surface area contributed by atoms with Crippen molar-refractivity contribution in [2.45, 2.75) is 26.2 Å². The second kappa shape index (κ2) is 7.17. The van der Waals surface area contributed by atoms with Gasteiger partial charge in [-0.25, -0.2) is 4.79 Å². The Hall–Kier alpha value is -2.34. The van der Waals surface area contributed by atoms with Crippen molar-refractivity contribution in [3.8, 4) is 6.07 Å². The molecule has 0 aliphatic heterocycles. The van der Waals surface area contributed by atoms with Crippen LogP contribution < -0.4 is 0 Å². The van der Waals surface area contributed by atoms with E-state index in [0.717, 1.165) is 36.5 Å². The summed E-state index contributed by atoms with van der Waals surface area (Å²) < 4.78 is 0. The lowest BCUT2D eigenvalue weighted by Crippen LogP contribution is -1.97. The highest BCUT2D eigenvalue weighted by Gasteiger charge is 2.09. The van der Waals surface area contributed by atoms with Gasteiger partial charge in [-0.05, 0) is 29.5 Å². The zero-order chi connectivity index (χ0) is 14.3. The Morgan fingerprint density at radius 2 is 2.26 bits per heavy atom. The third-order valence-corrected chi connectivity index (χ3v) is 2.84. The minimum atomic E-state index is -1.11. The van der Waals surface area contributed by atoms with Crippen LogP contribution in [-0.2, 0) is 11.2 Å². The van der Waals surface area contributed by atoms with Crippen LogP contribution in [0.1, 0.15) is 36.5 Å². The third kappa shape index (κ3) is 4.11. The van der Waals surface area contributed by atoms with Gasteiger partial charge in [-0.3, -0.25) is 0 Å². The second-order valence-electron chi connectivity index (χ2n) is 4.23. The maximum atomic E-state index is 10.7. The highest BCUT2D eigenvalue weighted by atomic mass is 16.4. The predicted molar refractivity (Wildman–Crippen MR) is 76.4 cm³/mol. The van der Waals surface area contributed by atoms with E-state index in [9.17, 15) is 4.79 Å². The van der Waals surface area contributed by atoms with Gasteiger partial charge in [0.05, 0.1) is 5.57 Å². The number of rotatable bonds is 6. The van der Waals surface area contributed by atoms with Gasteiger partial charge in [0.1, 0.15) is 6.07 Å². The Morgan fingerprint density at radius 1 is 1.53 bits per heavy atom. The molecule has 98 valence electrons. The van der Waals surface area contributed by atoms with Crippen molar-refractivity contribution in [2.75, 3.05) is 0 Å². The molecule has 0 aliphatic carbocycles. The molecule has 0 aromatic heterocycles. The van der Waals surface area contributed by atoms with E-state index in [1.54, 1.807) is 12.1 Å². The quantitative estimate of drug-likeness (QED) is 0.623. The normalized spacial score (nSPS) is 10.8. The number of aliphatic carboxylic acids is 1. The molecular formula is C16H17NO2. The van der Waals surface area contributed by atoms with Crippen LogP contribution in [0, 0.1) is 11.3 Å². The van der Waals surface area contributed by atoms with E-state index in [1.807, 2.05) is 18.2 Å². The van der Waals surface area contributed by atoms with Crippen molar-refractivity contribution in [2.24, 2.45) is 0 Å². The summed E-state index contributed by atoms with van der Waals surface area (Å²) in [7, 11) is 0. The zero-order valence-corrected chi connectivity index (χ0v) is 11.0. The average Bonchev–Trinajstić information content (AvgIpc) is 2.42. The van der Waals surface area contributed by atoms with Gasteiger partial charge < -0.3 is 5.11 Å². The van der Waals surface area contributed by atoms with Crippen molar-refractivity contribution in [1.82, 2.24) is 0 Å². The predicted octanol–water partition coefficient (Wildman–Crippen LogP) is 3.66. The maximum Gasteiger partial charge on any atom is 0.329 e. The number of carboxylic acid groups (broad SMARTS) is 1. The molecule has 0 atom stereocenters. The number of carboxylic acids is 1. The van der Waals surface area contributed by atoms with Crippen LogP contribution in [-0.4, -0.2) is 11.1 Å². The molecule has 1 aromatic rings. The topological polar surface area (TPSA) is 61.1 Å². The highest BCUT2D eigenvalue weighted by molar-refractivity contribution is 5.95. The largest absolute Gasteiger partial charge is 0.478 e. The summed E-state index contributed by atoms with van der Waals surface area (Å²) in [6.07, 6.45) is 5.57. The molecule has 0 heterocycles. The molecule has 1 rings (SSSR count). The van der Waals surface area contributed by atoms with Crippen LogP contribution >= 0.6 is 0 Å². The standard InChI is InChI=1S/C16H17NO2/c1-3-5-6-13-9-12(4-2)7-8-15(13)14(11-17)10-16(18)19/h4,7-10H,2-3,5-6H2,1H3,(H,18,19). The number of allylic oxidation sites excluding steroid dienone is 1. The van der Waals surface area contributed by atoms with E-state index in [2.05, 4.69) is 13.5 Å². The van der Waals surface area contributed by atoms with E-state index < -0.39 is 5.97 Å². The molecule has 0 radical (unpaired) electrons. The van der Waals surface area contributed by atoms with Crippen LogP contribution in [0.25, 0.3) is 11.6 Å². The van der Waals surface area contributed by atoms with E-state index >= 15 is 0 Å². The van der Waals surface area contributed by atoms with Crippen LogP contribution in [0.15, 0.2) is 30.9 Å². The molecule has 0 saturated carbocycles. The lowest BCUT2D eigenvalue weighted by atomic mass is 9.94. The van der Waals surface area contributed by atoms with E-state index in [0.29, 0.717) is 5.56 Å². The van der Waals surface area contributed by atoms with Gasteiger partial charge in [0.25, 0.3) is 0 Å². The van der Waals surface area contributed by atoms with Gasteiger partial charge in [0.2, 0.25) is 0 Å². The molecule has 3 heteroatoms. The molecule has 19 heavy (non-hydrogen) atoms. The van der Waals surface area contributed by atoms with Gasteiger partial charge in [-0.15, -0.1) is 0 Å². The number of aryl methyl sites for hydroxylation is 1. The van der Waals surface area contributed by atoms with Crippen molar-refractivity contribution in [3.63, 3.8) is 0 Å². The van der Waals surface area contributed by atoms with Gasteiger partial charge >= 0.3 is 5.97 Å². The summed E-state index contributed by atoms with van der Waals surface area (Å²) in [6, 6.07) is 7.55. The summed E-state index contributed by atoms with van der Waals surface area (Å²) in [6.45, 7) is 5.81. The molecule has 1 aromatic carbocycles. The Balaban J connectivity index is 3.28.